The molecule has 0 aliphatic carbocycles. The molecule has 4 rings (SSSR count). The molecule has 0 fully saturated rings. The van der Waals surface area contributed by atoms with Gasteiger partial charge in [-0.2, -0.15) is 0 Å². The van der Waals surface area contributed by atoms with E-state index in [1.807, 2.05) is 72.8 Å². The number of carbonyl (C=O) groups excluding carboxylic acids is 1. The number of amides is 1. The van der Waals surface area contributed by atoms with Crippen LogP contribution in [0.2, 0.25) is 0 Å². The zero-order chi connectivity index (χ0) is 21.7. The first kappa shape index (κ1) is 20.8. The van der Waals surface area contributed by atoms with Crippen molar-refractivity contribution in [2.45, 2.75) is 17.9 Å². The van der Waals surface area contributed by atoms with Gasteiger partial charge in [0.2, 0.25) is 15.9 Å². The highest BCUT2D eigenvalue weighted by molar-refractivity contribution is 7.89. The van der Waals surface area contributed by atoms with Crippen LogP contribution >= 0.6 is 0 Å². The minimum Gasteiger partial charge on any atom is -0.326 e. The summed E-state index contributed by atoms with van der Waals surface area (Å²) in [6.07, 6.45) is 0.236. The Bertz CT molecular complexity index is 1300. The van der Waals surface area contributed by atoms with Crippen molar-refractivity contribution in [1.82, 2.24) is 4.72 Å². The molecular weight excluding hydrogens is 408 g/mol. The lowest BCUT2D eigenvalue weighted by atomic mass is 10.0. The van der Waals surface area contributed by atoms with Crippen LogP contribution in [0, 0.1) is 0 Å². The molecule has 0 spiro atoms. The largest absolute Gasteiger partial charge is 0.326 e. The number of hydrogen-bond acceptors (Lipinski definition) is 3. The molecule has 0 aliphatic rings. The van der Waals surface area contributed by atoms with Crippen molar-refractivity contribution in [3.63, 3.8) is 0 Å². The molecule has 6 heteroatoms. The molecule has 31 heavy (non-hydrogen) atoms. The highest BCUT2D eigenvalue weighted by Crippen LogP contribution is 2.20. The smallest absolute Gasteiger partial charge is 0.240 e. The van der Waals surface area contributed by atoms with Crippen molar-refractivity contribution in [2.75, 3.05) is 5.32 Å². The fourth-order valence-corrected chi connectivity index (χ4v) is 4.42. The molecule has 1 amide bonds. The summed E-state index contributed by atoms with van der Waals surface area (Å²) in [5.41, 5.74) is 2.37. The van der Waals surface area contributed by atoms with Gasteiger partial charge in [-0.05, 0) is 46.2 Å². The Morgan fingerprint density at radius 1 is 0.742 bits per heavy atom. The van der Waals surface area contributed by atoms with Gasteiger partial charge in [0.1, 0.15) is 0 Å². The maximum absolute atomic E-state index is 12.5. The van der Waals surface area contributed by atoms with Gasteiger partial charge >= 0.3 is 0 Å². The average Bonchev–Trinajstić information content (AvgIpc) is 2.79. The summed E-state index contributed by atoms with van der Waals surface area (Å²) in [5, 5.41) is 4.97. The van der Waals surface area contributed by atoms with E-state index >= 15 is 0 Å². The number of rotatable bonds is 7. The second-order valence-corrected chi connectivity index (χ2v) is 8.96. The maximum Gasteiger partial charge on any atom is 0.240 e. The van der Waals surface area contributed by atoms with Crippen LogP contribution in [-0.4, -0.2) is 14.3 Å². The van der Waals surface area contributed by atoms with Gasteiger partial charge in [-0.25, -0.2) is 13.1 Å². The van der Waals surface area contributed by atoms with Crippen LogP contribution in [0.25, 0.3) is 10.8 Å². The first-order valence-electron chi connectivity index (χ1n) is 9.91. The second-order valence-electron chi connectivity index (χ2n) is 7.20. The molecule has 0 aliphatic heterocycles. The van der Waals surface area contributed by atoms with E-state index in [9.17, 15) is 13.2 Å². The fourth-order valence-electron chi connectivity index (χ4n) is 3.40. The molecule has 0 saturated carbocycles. The van der Waals surface area contributed by atoms with E-state index < -0.39 is 10.0 Å². The van der Waals surface area contributed by atoms with Gasteiger partial charge in [0, 0.05) is 12.2 Å². The van der Waals surface area contributed by atoms with E-state index in [4.69, 9.17) is 0 Å². The SMILES string of the molecule is O=C(Cc1cccc2ccccc12)Nc1ccc(S(=O)(=O)NCc2ccccc2)cc1. The van der Waals surface area contributed by atoms with E-state index in [0.29, 0.717) is 5.69 Å². The number of carbonyl (C=O) groups is 1. The van der Waals surface area contributed by atoms with Crippen molar-refractivity contribution in [3.05, 3.63) is 108 Å². The molecule has 0 heterocycles. The third-order valence-corrected chi connectivity index (χ3v) is 6.41. The van der Waals surface area contributed by atoms with Crippen LogP contribution in [0.3, 0.4) is 0 Å². The third-order valence-electron chi connectivity index (χ3n) is 4.99. The Hall–Kier alpha value is -3.48. The van der Waals surface area contributed by atoms with Gasteiger partial charge in [0.25, 0.3) is 0 Å². The standard InChI is InChI=1S/C25H22N2O3S/c28-25(17-21-11-6-10-20-9-4-5-12-24(20)21)27-22-13-15-23(16-14-22)31(29,30)26-18-19-7-2-1-3-8-19/h1-16,26H,17-18H2,(H,27,28). The predicted octanol–water partition coefficient (Wildman–Crippen LogP) is 4.50. The number of hydrogen-bond donors (Lipinski definition) is 2. The zero-order valence-electron chi connectivity index (χ0n) is 16.8. The number of sulfonamides is 1. The molecule has 0 saturated heterocycles. The molecular formula is C25H22N2O3S. The Labute approximate surface area is 181 Å². The van der Waals surface area contributed by atoms with Crippen LogP contribution in [0.15, 0.2) is 102 Å². The van der Waals surface area contributed by atoms with Crippen molar-refractivity contribution in [1.29, 1.82) is 0 Å². The van der Waals surface area contributed by atoms with Gasteiger partial charge in [-0.3, -0.25) is 4.79 Å². The molecule has 0 radical (unpaired) electrons. The van der Waals surface area contributed by atoms with Crippen LogP contribution in [0.4, 0.5) is 5.69 Å². The highest BCUT2D eigenvalue weighted by atomic mass is 32.2. The van der Waals surface area contributed by atoms with Gasteiger partial charge in [-0.15, -0.1) is 0 Å². The Morgan fingerprint density at radius 3 is 2.19 bits per heavy atom. The average molecular weight is 431 g/mol. The van der Waals surface area contributed by atoms with Gasteiger partial charge in [0.05, 0.1) is 11.3 Å². The molecule has 0 aromatic heterocycles. The van der Waals surface area contributed by atoms with E-state index in [2.05, 4.69) is 10.0 Å². The summed E-state index contributed by atoms with van der Waals surface area (Å²) < 4.78 is 27.6. The lowest BCUT2D eigenvalue weighted by molar-refractivity contribution is -0.115. The van der Waals surface area contributed by atoms with E-state index in [1.54, 1.807) is 12.1 Å². The molecule has 0 bridgehead atoms. The Balaban J connectivity index is 1.40. The van der Waals surface area contributed by atoms with Crippen molar-refractivity contribution >= 4 is 32.4 Å². The van der Waals surface area contributed by atoms with Gasteiger partial charge in [-0.1, -0.05) is 72.8 Å². The van der Waals surface area contributed by atoms with Crippen molar-refractivity contribution in [3.8, 4) is 0 Å². The minimum atomic E-state index is -3.64. The molecule has 5 nitrogen and oxygen atoms in total. The van der Waals surface area contributed by atoms with Crippen LogP contribution in [0.5, 0.6) is 0 Å². The number of anilines is 1. The quantitative estimate of drug-likeness (QED) is 0.453. The molecule has 0 unspecified atom stereocenters. The molecule has 4 aromatic carbocycles. The summed E-state index contributed by atoms with van der Waals surface area (Å²) in [6, 6.07) is 29.3. The van der Waals surface area contributed by atoms with Gasteiger partial charge < -0.3 is 5.32 Å². The van der Waals surface area contributed by atoms with Crippen LogP contribution in [-0.2, 0) is 27.8 Å². The number of nitrogens with one attached hydrogen (secondary N) is 2. The van der Waals surface area contributed by atoms with E-state index in [0.717, 1.165) is 21.9 Å². The van der Waals surface area contributed by atoms with E-state index in [1.165, 1.54) is 12.1 Å². The number of benzene rings is 4. The molecule has 4 aromatic rings. The first-order chi connectivity index (χ1) is 15.0. The summed E-state index contributed by atoms with van der Waals surface area (Å²) in [7, 11) is -3.64. The van der Waals surface area contributed by atoms with Crippen molar-refractivity contribution in [2.24, 2.45) is 0 Å². The highest BCUT2D eigenvalue weighted by Gasteiger charge is 2.14. The van der Waals surface area contributed by atoms with Crippen LogP contribution < -0.4 is 10.0 Å². The normalized spacial score (nSPS) is 11.4. The monoisotopic (exact) mass is 430 g/mol. The first-order valence-corrected chi connectivity index (χ1v) is 11.4. The third kappa shape index (κ3) is 5.17. The summed E-state index contributed by atoms with van der Waals surface area (Å²) >= 11 is 0. The van der Waals surface area contributed by atoms with Gasteiger partial charge in [0.15, 0.2) is 0 Å². The van der Waals surface area contributed by atoms with Crippen LogP contribution in [0.1, 0.15) is 11.1 Å². The summed E-state index contributed by atoms with van der Waals surface area (Å²) in [4.78, 5) is 12.7. The molecule has 156 valence electrons. The minimum absolute atomic E-state index is 0.149. The zero-order valence-corrected chi connectivity index (χ0v) is 17.6. The summed E-state index contributed by atoms with van der Waals surface area (Å²) in [5.74, 6) is -0.158. The molecule has 2 N–H and O–H groups in total. The van der Waals surface area contributed by atoms with Crippen molar-refractivity contribution < 1.29 is 13.2 Å². The predicted molar refractivity (Wildman–Crippen MR) is 123 cm³/mol. The lowest BCUT2D eigenvalue weighted by Gasteiger charge is -2.10. The lowest BCUT2D eigenvalue weighted by Crippen LogP contribution is -2.23. The second kappa shape index (κ2) is 9.12. The Kier molecular flexibility index (Phi) is 6.11. The summed E-state index contributed by atoms with van der Waals surface area (Å²) in [6.45, 7) is 0.215. The maximum atomic E-state index is 12.5. The number of fused-ring (bicyclic) bond motifs is 1. The van der Waals surface area contributed by atoms with E-state index in [-0.39, 0.29) is 23.8 Å². The fraction of sp³-hybridized carbons (Fsp3) is 0.0800. The Morgan fingerprint density at radius 2 is 1.42 bits per heavy atom. The molecule has 0 atom stereocenters. The topological polar surface area (TPSA) is 75.3 Å².